The second kappa shape index (κ2) is 10.4. The molecule has 1 N–H and O–H groups in total. The van der Waals surface area contributed by atoms with Crippen molar-refractivity contribution in [1.82, 2.24) is 4.31 Å². The highest BCUT2D eigenvalue weighted by Gasteiger charge is 2.27. The maximum absolute atomic E-state index is 12.6. The molecule has 10 heteroatoms. The first-order valence-corrected chi connectivity index (χ1v) is 12.3. The Morgan fingerprint density at radius 3 is 2.03 bits per heavy atom. The van der Waals surface area contributed by atoms with Crippen molar-refractivity contribution in [3.63, 3.8) is 0 Å². The predicted molar refractivity (Wildman–Crippen MR) is 125 cm³/mol. The van der Waals surface area contributed by atoms with Crippen LogP contribution in [0.15, 0.2) is 53.4 Å². The lowest BCUT2D eigenvalue weighted by Crippen LogP contribution is -2.27. The normalized spacial score (nSPS) is 14.4. The Morgan fingerprint density at radius 1 is 0.912 bits per heavy atom. The molecule has 0 aliphatic carbocycles. The smallest absolute Gasteiger partial charge is 0.412 e. The molecule has 2 aromatic carbocycles. The largest absolute Gasteiger partial charge is 0.454 e. The minimum Gasteiger partial charge on any atom is -0.454 e. The predicted octanol–water partition coefficient (Wildman–Crippen LogP) is 3.86. The number of ether oxygens (including phenoxy) is 2. The summed E-state index contributed by atoms with van der Waals surface area (Å²) in [5.41, 5.74) is 0.244. The van der Waals surface area contributed by atoms with Gasteiger partial charge in [0.25, 0.3) is 0 Å². The third-order valence-corrected chi connectivity index (χ3v) is 6.89. The van der Waals surface area contributed by atoms with Gasteiger partial charge in [0, 0.05) is 24.3 Å². The fourth-order valence-electron chi connectivity index (χ4n) is 3.30. The molecule has 1 aliphatic heterocycles. The fourth-order valence-corrected chi connectivity index (χ4v) is 4.82. The van der Waals surface area contributed by atoms with E-state index < -0.39 is 40.1 Å². The van der Waals surface area contributed by atoms with E-state index in [0.717, 1.165) is 12.8 Å². The monoisotopic (exact) mass is 488 g/mol. The Kier molecular flexibility index (Phi) is 7.73. The fraction of sp³-hybridized carbons (Fsp3) is 0.375. The molecule has 3 rings (SSSR count). The molecule has 1 saturated heterocycles. The Bertz CT molecular complexity index is 1150. The van der Waals surface area contributed by atoms with Crippen LogP contribution in [0.4, 0.5) is 10.5 Å². The zero-order valence-corrected chi connectivity index (χ0v) is 20.2. The average molecular weight is 489 g/mol. The number of Topliss-reactive ketones (excluding diaryl/α,β-unsaturated/α-hetero) is 1. The number of ketones is 1. The van der Waals surface area contributed by atoms with Crippen LogP contribution in [0.3, 0.4) is 0 Å². The van der Waals surface area contributed by atoms with Gasteiger partial charge in [0.15, 0.2) is 12.4 Å². The van der Waals surface area contributed by atoms with Gasteiger partial charge in [-0.15, -0.1) is 0 Å². The number of nitrogens with one attached hydrogen (secondary N) is 1. The lowest BCUT2D eigenvalue weighted by Gasteiger charge is -2.19. The van der Waals surface area contributed by atoms with E-state index in [2.05, 4.69) is 5.32 Å². The van der Waals surface area contributed by atoms with E-state index in [1.165, 1.54) is 52.8 Å². The highest BCUT2D eigenvalue weighted by atomic mass is 32.2. The summed E-state index contributed by atoms with van der Waals surface area (Å²) >= 11 is 0. The van der Waals surface area contributed by atoms with E-state index in [1.54, 1.807) is 20.8 Å². The number of hydrogen-bond donors (Lipinski definition) is 1. The molecule has 0 spiro atoms. The quantitative estimate of drug-likeness (QED) is 0.464. The third kappa shape index (κ3) is 6.64. The number of sulfonamides is 1. The maximum Gasteiger partial charge on any atom is 0.412 e. The van der Waals surface area contributed by atoms with Crippen LogP contribution in [0.25, 0.3) is 0 Å². The summed E-state index contributed by atoms with van der Waals surface area (Å²) in [5, 5.41) is 2.56. The van der Waals surface area contributed by atoms with E-state index in [9.17, 15) is 22.8 Å². The first-order chi connectivity index (χ1) is 16.0. The molecular weight excluding hydrogens is 460 g/mol. The summed E-state index contributed by atoms with van der Waals surface area (Å²) in [6, 6.07) is 11.5. The van der Waals surface area contributed by atoms with Crippen LogP contribution in [-0.4, -0.2) is 55.9 Å². The average Bonchev–Trinajstić information content (AvgIpc) is 3.32. The third-order valence-electron chi connectivity index (χ3n) is 4.98. The van der Waals surface area contributed by atoms with Crippen molar-refractivity contribution in [2.24, 2.45) is 0 Å². The van der Waals surface area contributed by atoms with Crippen LogP contribution in [-0.2, 0) is 19.5 Å². The molecule has 1 fully saturated rings. The number of rotatable bonds is 7. The van der Waals surface area contributed by atoms with Gasteiger partial charge in [0.2, 0.25) is 10.0 Å². The van der Waals surface area contributed by atoms with E-state index in [4.69, 9.17) is 9.47 Å². The van der Waals surface area contributed by atoms with Crippen molar-refractivity contribution in [3.8, 4) is 0 Å². The Labute approximate surface area is 199 Å². The van der Waals surface area contributed by atoms with Gasteiger partial charge in [0.05, 0.1) is 10.5 Å². The zero-order chi connectivity index (χ0) is 24.9. The van der Waals surface area contributed by atoms with E-state index in [1.807, 2.05) is 0 Å². The molecule has 34 heavy (non-hydrogen) atoms. The molecule has 182 valence electrons. The summed E-state index contributed by atoms with van der Waals surface area (Å²) < 4.78 is 36.8. The van der Waals surface area contributed by atoms with Crippen molar-refractivity contribution in [3.05, 3.63) is 59.7 Å². The molecule has 2 aromatic rings. The van der Waals surface area contributed by atoms with Crippen LogP contribution < -0.4 is 5.32 Å². The van der Waals surface area contributed by atoms with Crippen molar-refractivity contribution < 1.29 is 32.3 Å². The molecule has 0 bridgehead atoms. The van der Waals surface area contributed by atoms with Crippen molar-refractivity contribution >= 4 is 33.6 Å². The zero-order valence-electron chi connectivity index (χ0n) is 19.4. The van der Waals surface area contributed by atoms with Gasteiger partial charge in [-0.25, -0.2) is 18.0 Å². The molecule has 1 amide bonds. The summed E-state index contributed by atoms with van der Waals surface area (Å²) in [7, 11) is -3.56. The summed E-state index contributed by atoms with van der Waals surface area (Å²) in [6.07, 6.45) is 1.06. The topological polar surface area (TPSA) is 119 Å². The molecule has 1 aliphatic rings. The molecule has 0 atom stereocenters. The number of carbonyl (C=O) groups is 3. The Balaban J connectivity index is 1.53. The van der Waals surface area contributed by atoms with Gasteiger partial charge >= 0.3 is 12.1 Å². The van der Waals surface area contributed by atoms with Gasteiger partial charge in [-0.05, 0) is 82.1 Å². The van der Waals surface area contributed by atoms with E-state index >= 15 is 0 Å². The molecule has 9 nitrogen and oxygen atoms in total. The minimum absolute atomic E-state index is 0.128. The van der Waals surface area contributed by atoms with Crippen LogP contribution in [0.2, 0.25) is 0 Å². The van der Waals surface area contributed by atoms with Crippen LogP contribution in [0.5, 0.6) is 0 Å². The van der Waals surface area contributed by atoms with Gasteiger partial charge in [-0.3, -0.25) is 10.1 Å². The van der Waals surface area contributed by atoms with Gasteiger partial charge in [-0.2, -0.15) is 4.31 Å². The summed E-state index contributed by atoms with van der Waals surface area (Å²) in [6.45, 7) is 5.75. The van der Waals surface area contributed by atoms with Gasteiger partial charge < -0.3 is 9.47 Å². The first kappa shape index (κ1) is 25.4. The Hall–Kier alpha value is -3.24. The number of esters is 1. The standard InChI is InChI=1S/C24H28N2O7S/c1-24(2,3)33-23(29)25-19-10-6-18(7-11-19)22(28)32-16-21(27)17-8-12-20(13-9-17)34(30,31)26-14-4-5-15-26/h6-13H,4-5,14-16H2,1-3H3,(H,25,29). The molecule has 0 saturated carbocycles. The second-order valence-corrected chi connectivity index (χ2v) is 10.8. The number of benzene rings is 2. The van der Waals surface area contributed by atoms with Crippen molar-refractivity contribution in [2.45, 2.75) is 44.1 Å². The number of carbonyl (C=O) groups excluding carboxylic acids is 3. The Morgan fingerprint density at radius 2 is 1.47 bits per heavy atom. The van der Waals surface area contributed by atoms with E-state index in [-0.39, 0.29) is 16.0 Å². The van der Waals surface area contributed by atoms with Gasteiger partial charge in [-0.1, -0.05) is 0 Å². The SMILES string of the molecule is CC(C)(C)OC(=O)Nc1ccc(C(=O)OCC(=O)c2ccc(S(=O)(=O)N3CCCC3)cc2)cc1. The second-order valence-electron chi connectivity index (χ2n) is 8.84. The summed E-state index contributed by atoms with van der Waals surface area (Å²) in [5.74, 6) is -1.16. The molecule has 0 radical (unpaired) electrons. The highest BCUT2D eigenvalue weighted by molar-refractivity contribution is 7.89. The van der Waals surface area contributed by atoms with Gasteiger partial charge in [0.1, 0.15) is 5.60 Å². The lowest BCUT2D eigenvalue weighted by atomic mass is 10.1. The number of amides is 1. The minimum atomic E-state index is -3.56. The molecule has 0 aromatic heterocycles. The summed E-state index contributed by atoms with van der Waals surface area (Å²) in [4.78, 5) is 36.6. The molecule has 0 unspecified atom stereocenters. The molecular formula is C24H28N2O7S. The van der Waals surface area contributed by atoms with Crippen molar-refractivity contribution in [1.29, 1.82) is 0 Å². The maximum atomic E-state index is 12.6. The van der Waals surface area contributed by atoms with Crippen LogP contribution in [0, 0.1) is 0 Å². The lowest BCUT2D eigenvalue weighted by molar-refractivity contribution is 0.0474. The van der Waals surface area contributed by atoms with Crippen LogP contribution in [0.1, 0.15) is 54.3 Å². The van der Waals surface area contributed by atoms with Crippen molar-refractivity contribution in [2.75, 3.05) is 25.0 Å². The van der Waals surface area contributed by atoms with Crippen LogP contribution >= 0.6 is 0 Å². The number of hydrogen-bond acceptors (Lipinski definition) is 7. The number of anilines is 1. The highest BCUT2D eigenvalue weighted by Crippen LogP contribution is 2.21. The number of nitrogens with zero attached hydrogens (tertiary/aromatic N) is 1. The molecule has 1 heterocycles. The first-order valence-electron chi connectivity index (χ1n) is 10.9. The van der Waals surface area contributed by atoms with E-state index in [0.29, 0.717) is 18.8 Å².